The molecular weight excluding hydrogens is 306 g/mol. The van der Waals surface area contributed by atoms with E-state index in [2.05, 4.69) is 42.3 Å². The molecule has 0 bridgehead atoms. The van der Waals surface area contributed by atoms with Crippen LogP contribution in [-0.2, 0) is 5.41 Å². The standard InChI is InChI=1S/C17H27N5S/c1-17(2,3)14-11-22-16(19-14)23-15(20-22)18-12-8-9-21(10-12)13-6-4-5-7-13/h11-13H,4-10H2,1-3H3,(H,18,20). The Morgan fingerprint density at radius 3 is 2.70 bits per heavy atom. The summed E-state index contributed by atoms with van der Waals surface area (Å²) in [6.45, 7) is 8.97. The molecule has 1 saturated heterocycles. The highest BCUT2D eigenvalue weighted by Gasteiger charge is 2.30. The maximum Gasteiger partial charge on any atom is 0.214 e. The van der Waals surface area contributed by atoms with Crippen LogP contribution in [0.2, 0.25) is 0 Å². The summed E-state index contributed by atoms with van der Waals surface area (Å²) in [7, 11) is 0. The molecule has 6 heteroatoms. The van der Waals surface area contributed by atoms with Crippen molar-refractivity contribution in [3.63, 3.8) is 0 Å². The number of nitrogens with zero attached hydrogens (tertiary/aromatic N) is 4. The molecule has 23 heavy (non-hydrogen) atoms. The fraction of sp³-hybridized carbons (Fsp3) is 0.765. The van der Waals surface area contributed by atoms with Crippen molar-refractivity contribution < 1.29 is 0 Å². The Bertz CT molecular complexity index is 645. The zero-order valence-electron chi connectivity index (χ0n) is 14.4. The molecule has 126 valence electrons. The van der Waals surface area contributed by atoms with Gasteiger partial charge in [-0.25, -0.2) is 9.50 Å². The molecule has 0 radical (unpaired) electrons. The maximum absolute atomic E-state index is 4.73. The lowest BCUT2D eigenvalue weighted by Gasteiger charge is -2.23. The van der Waals surface area contributed by atoms with E-state index >= 15 is 0 Å². The molecule has 4 rings (SSSR count). The summed E-state index contributed by atoms with van der Waals surface area (Å²) in [6.07, 6.45) is 8.92. The van der Waals surface area contributed by atoms with Crippen LogP contribution < -0.4 is 5.32 Å². The molecule has 1 N–H and O–H groups in total. The molecule has 1 saturated carbocycles. The minimum absolute atomic E-state index is 0.0776. The number of nitrogens with one attached hydrogen (secondary N) is 1. The SMILES string of the molecule is CC(C)(C)c1cn2nc(NC3CCN(C4CCCC4)C3)sc2n1. The van der Waals surface area contributed by atoms with Gasteiger partial charge in [0.05, 0.1) is 11.9 Å². The number of hydrogen-bond donors (Lipinski definition) is 1. The second-order valence-electron chi connectivity index (χ2n) is 8.07. The molecule has 0 amide bonds. The van der Waals surface area contributed by atoms with Gasteiger partial charge in [0.15, 0.2) is 0 Å². The second kappa shape index (κ2) is 5.74. The molecule has 2 fully saturated rings. The topological polar surface area (TPSA) is 45.5 Å². The van der Waals surface area contributed by atoms with Gasteiger partial charge < -0.3 is 5.32 Å². The average Bonchev–Trinajstić information content (AvgIpc) is 3.21. The largest absolute Gasteiger partial charge is 0.356 e. The molecular formula is C17H27N5S. The lowest BCUT2D eigenvalue weighted by Crippen LogP contribution is -2.33. The van der Waals surface area contributed by atoms with Crippen molar-refractivity contribution >= 4 is 21.4 Å². The average molecular weight is 334 g/mol. The molecule has 0 spiro atoms. The molecule has 2 aliphatic rings. The zero-order valence-corrected chi connectivity index (χ0v) is 15.2. The Morgan fingerprint density at radius 1 is 1.22 bits per heavy atom. The number of rotatable bonds is 3. The first-order chi connectivity index (χ1) is 11.0. The van der Waals surface area contributed by atoms with Crippen molar-refractivity contribution in [3.05, 3.63) is 11.9 Å². The summed E-state index contributed by atoms with van der Waals surface area (Å²) in [5, 5.41) is 9.31. The molecule has 1 atom stereocenters. The summed E-state index contributed by atoms with van der Waals surface area (Å²) in [5.74, 6) is 0. The van der Waals surface area contributed by atoms with Gasteiger partial charge in [0, 0.05) is 30.6 Å². The quantitative estimate of drug-likeness (QED) is 0.933. The van der Waals surface area contributed by atoms with Crippen LogP contribution in [0.5, 0.6) is 0 Å². The Morgan fingerprint density at radius 2 is 2.00 bits per heavy atom. The van der Waals surface area contributed by atoms with Crippen LogP contribution in [0.1, 0.15) is 58.6 Å². The normalized spacial score (nSPS) is 24.0. The van der Waals surface area contributed by atoms with E-state index in [4.69, 9.17) is 4.98 Å². The molecule has 3 heterocycles. The van der Waals surface area contributed by atoms with Gasteiger partial charge in [-0.3, -0.25) is 4.90 Å². The van der Waals surface area contributed by atoms with Crippen molar-refractivity contribution in [2.75, 3.05) is 18.4 Å². The second-order valence-corrected chi connectivity index (χ2v) is 9.03. The summed E-state index contributed by atoms with van der Waals surface area (Å²) in [5.41, 5.74) is 1.19. The molecule has 0 aromatic carbocycles. The first-order valence-electron chi connectivity index (χ1n) is 8.86. The van der Waals surface area contributed by atoms with E-state index in [1.165, 1.54) is 45.2 Å². The van der Waals surface area contributed by atoms with Crippen LogP contribution in [0.4, 0.5) is 5.13 Å². The molecule has 2 aromatic rings. The van der Waals surface area contributed by atoms with E-state index in [-0.39, 0.29) is 5.41 Å². The van der Waals surface area contributed by atoms with Crippen molar-refractivity contribution in [2.45, 2.75) is 70.4 Å². The van der Waals surface area contributed by atoms with Crippen LogP contribution >= 0.6 is 11.3 Å². The van der Waals surface area contributed by atoms with Gasteiger partial charge in [0.25, 0.3) is 0 Å². The van der Waals surface area contributed by atoms with Crippen LogP contribution in [0.25, 0.3) is 4.96 Å². The number of fused-ring (bicyclic) bond motifs is 1. The minimum atomic E-state index is 0.0776. The van der Waals surface area contributed by atoms with Crippen LogP contribution in [0.15, 0.2) is 6.20 Å². The Kier molecular flexibility index (Phi) is 3.84. The highest BCUT2D eigenvalue weighted by Crippen LogP contribution is 2.29. The Labute approximate surface area is 142 Å². The van der Waals surface area contributed by atoms with Crippen LogP contribution in [0, 0.1) is 0 Å². The molecule has 2 aromatic heterocycles. The number of likely N-dealkylation sites (tertiary alicyclic amines) is 1. The first-order valence-corrected chi connectivity index (χ1v) is 9.68. The maximum atomic E-state index is 4.73. The van der Waals surface area contributed by atoms with Crippen molar-refractivity contribution in [3.8, 4) is 0 Å². The summed E-state index contributed by atoms with van der Waals surface area (Å²) >= 11 is 1.67. The van der Waals surface area contributed by atoms with Gasteiger partial charge in [-0.2, -0.15) is 0 Å². The third-order valence-corrected chi connectivity index (χ3v) is 6.05. The van der Waals surface area contributed by atoms with Crippen LogP contribution in [-0.4, -0.2) is 44.7 Å². The van der Waals surface area contributed by atoms with Crippen LogP contribution in [0.3, 0.4) is 0 Å². The van der Waals surface area contributed by atoms with Crippen molar-refractivity contribution in [2.24, 2.45) is 0 Å². The Hall–Kier alpha value is -1.14. The van der Waals surface area contributed by atoms with Crippen molar-refractivity contribution in [1.82, 2.24) is 19.5 Å². The summed E-state index contributed by atoms with van der Waals surface area (Å²) in [6, 6.07) is 1.37. The smallest absolute Gasteiger partial charge is 0.214 e. The fourth-order valence-corrected chi connectivity index (χ4v) is 4.66. The van der Waals surface area contributed by atoms with E-state index in [9.17, 15) is 0 Å². The highest BCUT2D eigenvalue weighted by molar-refractivity contribution is 7.20. The van der Waals surface area contributed by atoms with E-state index in [1.807, 2.05) is 4.52 Å². The van der Waals surface area contributed by atoms with Gasteiger partial charge in [-0.1, -0.05) is 44.9 Å². The van der Waals surface area contributed by atoms with Gasteiger partial charge in [0.1, 0.15) is 0 Å². The molecule has 1 aliphatic carbocycles. The predicted molar refractivity (Wildman–Crippen MR) is 95.4 cm³/mol. The number of aromatic nitrogens is 3. The van der Waals surface area contributed by atoms with Gasteiger partial charge in [-0.15, -0.1) is 5.10 Å². The van der Waals surface area contributed by atoms with E-state index < -0.39 is 0 Å². The van der Waals surface area contributed by atoms with E-state index in [1.54, 1.807) is 11.3 Å². The highest BCUT2D eigenvalue weighted by atomic mass is 32.1. The fourth-order valence-electron chi connectivity index (χ4n) is 3.80. The molecule has 5 nitrogen and oxygen atoms in total. The molecule has 1 unspecified atom stereocenters. The first kappa shape index (κ1) is 15.4. The van der Waals surface area contributed by atoms with Crippen molar-refractivity contribution in [1.29, 1.82) is 0 Å². The number of imidazole rings is 1. The van der Waals surface area contributed by atoms with Gasteiger partial charge in [0.2, 0.25) is 10.1 Å². The predicted octanol–water partition coefficient (Wildman–Crippen LogP) is 3.52. The number of hydrogen-bond acceptors (Lipinski definition) is 5. The lowest BCUT2D eigenvalue weighted by atomic mass is 9.93. The van der Waals surface area contributed by atoms with E-state index in [0.29, 0.717) is 6.04 Å². The van der Waals surface area contributed by atoms with E-state index in [0.717, 1.165) is 21.8 Å². The Balaban J connectivity index is 1.41. The monoisotopic (exact) mass is 333 g/mol. The van der Waals surface area contributed by atoms with Gasteiger partial charge in [-0.05, 0) is 19.3 Å². The third-order valence-electron chi connectivity index (χ3n) is 5.20. The summed E-state index contributed by atoms with van der Waals surface area (Å²) < 4.78 is 1.93. The zero-order chi connectivity index (χ0) is 16.0. The number of anilines is 1. The molecule has 1 aliphatic heterocycles. The summed E-state index contributed by atoms with van der Waals surface area (Å²) in [4.78, 5) is 8.40. The third kappa shape index (κ3) is 3.11. The lowest BCUT2D eigenvalue weighted by molar-refractivity contribution is 0.245. The van der Waals surface area contributed by atoms with Gasteiger partial charge >= 0.3 is 0 Å². The minimum Gasteiger partial charge on any atom is -0.356 e.